The summed E-state index contributed by atoms with van der Waals surface area (Å²) in [5.41, 5.74) is 0.732. The van der Waals surface area contributed by atoms with E-state index < -0.39 is 120 Å². The van der Waals surface area contributed by atoms with E-state index >= 15 is 0 Å². The van der Waals surface area contributed by atoms with Crippen molar-refractivity contribution in [1.82, 2.24) is 46.6 Å². The highest BCUT2D eigenvalue weighted by Crippen LogP contribution is 2.26. The van der Waals surface area contributed by atoms with Crippen molar-refractivity contribution in [3.05, 3.63) is 35.9 Å². The van der Waals surface area contributed by atoms with Crippen molar-refractivity contribution in [1.29, 1.82) is 0 Å². The SMILES string of the molecule is CC[C@H](C)[C@@H]1NC(=O)[C@H](C(C)C)NC(=O)[C@@H]2CCCN2C(=O)CNC(=O)[C@H](CC(C)C)NC(=O)[C@@H]2CCCN2C(=O)[C@@H]2CCCN2C(=O)CNC(=O)[C@H](Cc2ccccc2)NC1=O. The van der Waals surface area contributed by atoms with Crippen molar-refractivity contribution < 1.29 is 43.2 Å². The van der Waals surface area contributed by atoms with E-state index in [0.717, 1.165) is 5.56 Å². The van der Waals surface area contributed by atoms with Crippen LogP contribution >= 0.6 is 0 Å². The molecule has 8 atom stereocenters. The monoisotopic (exact) mass is 878 g/mol. The Morgan fingerprint density at radius 2 is 1.03 bits per heavy atom. The van der Waals surface area contributed by atoms with Crippen LogP contribution in [0.4, 0.5) is 0 Å². The lowest BCUT2D eigenvalue weighted by Crippen LogP contribution is -2.61. The summed E-state index contributed by atoms with van der Waals surface area (Å²) in [5.74, 6) is -5.83. The van der Waals surface area contributed by atoms with Crippen LogP contribution in [0.5, 0.6) is 0 Å². The van der Waals surface area contributed by atoms with Crippen molar-refractivity contribution in [3.8, 4) is 0 Å². The highest BCUT2D eigenvalue weighted by molar-refractivity contribution is 5.98. The second kappa shape index (κ2) is 22.2. The number of hydrogen-bond donors (Lipinski definition) is 6. The summed E-state index contributed by atoms with van der Waals surface area (Å²) in [4.78, 5) is 129. The third kappa shape index (κ3) is 12.3. The molecule has 0 saturated carbocycles. The van der Waals surface area contributed by atoms with Gasteiger partial charge in [0.1, 0.15) is 42.3 Å². The lowest BCUT2D eigenvalue weighted by molar-refractivity contribution is -0.147. The maximum absolute atomic E-state index is 14.2. The van der Waals surface area contributed by atoms with Crippen LogP contribution in [0.15, 0.2) is 30.3 Å². The van der Waals surface area contributed by atoms with Crippen molar-refractivity contribution in [3.63, 3.8) is 0 Å². The second-order valence-electron chi connectivity index (χ2n) is 18.2. The van der Waals surface area contributed by atoms with Gasteiger partial charge in [-0.15, -0.1) is 0 Å². The number of amides is 9. The number of benzene rings is 1. The third-order valence-electron chi connectivity index (χ3n) is 12.7. The summed E-state index contributed by atoms with van der Waals surface area (Å²) in [6.45, 7) is 10.8. The van der Waals surface area contributed by atoms with Gasteiger partial charge in [0.15, 0.2) is 0 Å². The van der Waals surface area contributed by atoms with Gasteiger partial charge in [-0.3, -0.25) is 43.2 Å². The molecule has 0 aromatic heterocycles. The highest BCUT2D eigenvalue weighted by Gasteiger charge is 2.44. The molecule has 4 saturated heterocycles. The molecule has 346 valence electrons. The van der Waals surface area contributed by atoms with E-state index in [1.54, 1.807) is 45.0 Å². The number of nitrogens with one attached hydrogen (secondary N) is 6. The summed E-state index contributed by atoms with van der Waals surface area (Å²) in [6.07, 6.45) is 3.42. The Morgan fingerprint density at radius 1 is 0.556 bits per heavy atom. The molecule has 1 aromatic rings. The summed E-state index contributed by atoms with van der Waals surface area (Å²) < 4.78 is 0. The predicted octanol–water partition coefficient (Wildman–Crippen LogP) is 0.136. The maximum Gasteiger partial charge on any atom is 0.246 e. The van der Waals surface area contributed by atoms with Gasteiger partial charge in [-0.05, 0) is 68.3 Å². The Balaban J connectivity index is 1.46. The molecule has 4 aliphatic rings. The molecule has 1 aromatic carbocycles. The molecule has 63 heavy (non-hydrogen) atoms. The van der Waals surface area contributed by atoms with Gasteiger partial charge in [0.05, 0.1) is 13.1 Å². The van der Waals surface area contributed by atoms with E-state index in [0.29, 0.717) is 44.9 Å². The molecule has 0 radical (unpaired) electrons. The fraction of sp³-hybridized carbons (Fsp3) is 0.667. The topological polar surface area (TPSA) is 236 Å². The Kier molecular flexibility index (Phi) is 17.1. The van der Waals surface area contributed by atoms with Crippen LogP contribution in [0.25, 0.3) is 0 Å². The second-order valence-corrected chi connectivity index (χ2v) is 18.2. The van der Waals surface area contributed by atoms with Gasteiger partial charge in [-0.1, -0.05) is 78.3 Å². The zero-order valence-corrected chi connectivity index (χ0v) is 37.6. The van der Waals surface area contributed by atoms with E-state index in [1.807, 2.05) is 26.8 Å². The molecule has 9 amide bonds. The number of hydrogen-bond acceptors (Lipinski definition) is 9. The average Bonchev–Trinajstić information content (AvgIpc) is 4.06. The van der Waals surface area contributed by atoms with Crippen LogP contribution in [0.3, 0.4) is 0 Å². The molecule has 5 rings (SSSR count). The minimum Gasteiger partial charge on any atom is -0.345 e. The van der Waals surface area contributed by atoms with Crippen molar-refractivity contribution >= 4 is 53.2 Å². The van der Waals surface area contributed by atoms with Crippen LogP contribution < -0.4 is 31.9 Å². The summed E-state index contributed by atoms with van der Waals surface area (Å²) in [5, 5.41) is 16.6. The molecule has 18 nitrogen and oxygen atoms in total. The molecule has 4 heterocycles. The molecule has 18 heteroatoms. The van der Waals surface area contributed by atoms with Gasteiger partial charge in [0.2, 0.25) is 53.2 Å². The summed E-state index contributed by atoms with van der Waals surface area (Å²) in [6, 6.07) is 1.96. The Morgan fingerprint density at radius 3 is 1.60 bits per heavy atom. The minimum absolute atomic E-state index is 0.0259. The van der Waals surface area contributed by atoms with Crippen LogP contribution in [0, 0.1) is 17.8 Å². The molecule has 0 aliphatic carbocycles. The molecule has 4 fully saturated rings. The smallest absolute Gasteiger partial charge is 0.246 e. The van der Waals surface area contributed by atoms with Crippen LogP contribution in [-0.4, -0.2) is 143 Å². The first-order chi connectivity index (χ1) is 30.0. The lowest BCUT2D eigenvalue weighted by Gasteiger charge is -2.32. The van der Waals surface area contributed by atoms with Gasteiger partial charge < -0.3 is 46.6 Å². The molecule has 0 bridgehead atoms. The van der Waals surface area contributed by atoms with E-state index in [-0.39, 0.29) is 38.4 Å². The minimum atomic E-state index is -1.16. The molecular weight excluding hydrogens is 811 g/mol. The maximum atomic E-state index is 14.2. The van der Waals surface area contributed by atoms with Gasteiger partial charge in [-0.25, -0.2) is 0 Å². The number of rotatable bonds is 7. The summed E-state index contributed by atoms with van der Waals surface area (Å²) >= 11 is 0. The Bertz CT molecular complexity index is 1860. The zero-order valence-electron chi connectivity index (χ0n) is 37.6. The fourth-order valence-electron chi connectivity index (χ4n) is 8.95. The highest BCUT2D eigenvalue weighted by atomic mass is 16.2. The van der Waals surface area contributed by atoms with Crippen molar-refractivity contribution in [2.45, 2.75) is 142 Å². The average molecular weight is 878 g/mol. The first-order valence-corrected chi connectivity index (χ1v) is 22.7. The van der Waals surface area contributed by atoms with E-state index in [1.165, 1.54) is 14.7 Å². The summed E-state index contributed by atoms with van der Waals surface area (Å²) in [7, 11) is 0. The quantitative estimate of drug-likeness (QED) is 0.218. The van der Waals surface area contributed by atoms with E-state index in [4.69, 9.17) is 0 Å². The molecule has 0 unspecified atom stereocenters. The number of nitrogens with zero attached hydrogens (tertiary/aromatic N) is 3. The van der Waals surface area contributed by atoms with Crippen molar-refractivity contribution in [2.24, 2.45) is 17.8 Å². The number of carbonyl (C=O) groups excluding carboxylic acids is 9. The van der Waals surface area contributed by atoms with Crippen LogP contribution in [-0.2, 0) is 49.6 Å². The number of fused-ring (bicyclic) bond motifs is 3. The molecular formula is C45H67N9O9. The normalized spacial score (nSPS) is 28.3. The zero-order chi connectivity index (χ0) is 46.0. The molecule has 6 N–H and O–H groups in total. The van der Waals surface area contributed by atoms with Gasteiger partial charge in [0, 0.05) is 26.1 Å². The van der Waals surface area contributed by atoms with Gasteiger partial charge >= 0.3 is 0 Å². The van der Waals surface area contributed by atoms with Crippen LogP contribution in [0.1, 0.15) is 98.5 Å². The molecule has 0 spiro atoms. The van der Waals surface area contributed by atoms with Crippen molar-refractivity contribution in [2.75, 3.05) is 32.7 Å². The van der Waals surface area contributed by atoms with E-state index in [2.05, 4.69) is 31.9 Å². The standard InChI is InChI=1S/C45H67N9O9/c1-7-28(6)38-44(62)49-31(23-29-14-9-8-10-15-29)40(58)47-25-36(56)53-20-13-18-34(53)45(63)54-21-12-17-33(54)41(59)48-30(22-26(2)3)39(57)46-24-35(55)52-19-11-16-32(52)42(60)50-37(27(4)5)43(61)51-38/h8-10,14-15,26-28,30-34,37-38H,7,11-13,16-25H2,1-6H3,(H,46,57)(H,47,58)(H,48,59)(H,49,62)(H,50,60)(H,51,61)/t28-,30-,31-,32-,33-,34-,37-,38-/m0/s1. The fourth-order valence-corrected chi connectivity index (χ4v) is 8.95. The first-order valence-electron chi connectivity index (χ1n) is 22.7. The van der Waals surface area contributed by atoms with Crippen LogP contribution in [0.2, 0.25) is 0 Å². The molecule has 4 aliphatic heterocycles. The predicted molar refractivity (Wildman–Crippen MR) is 232 cm³/mol. The third-order valence-corrected chi connectivity index (χ3v) is 12.7. The van der Waals surface area contributed by atoms with Gasteiger partial charge in [-0.2, -0.15) is 0 Å². The Labute approximate surface area is 370 Å². The largest absolute Gasteiger partial charge is 0.345 e. The Hall–Kier alpha value is -5.55. The van der Waals surface area contributed by atoms with E-state index in [9.17, 15) is 43.2 Å². The number of carbonyl (C=O) groups is 9. The first kappa shape index (κ1) is 48.5. The van der Waals surface area contributed by atoms with Gasteiger partial charge in [0.25, 0.3) is 0 Å². The lowest BCUT2D eigenvalue weighted by atomic mass is 9.95.